The maximum absolute atomic E-state index is 13.4. The number of amides is 1. The van der Waals surface area contributed by atoms with E-state index in [9.17, 15) is 4.79 Å². The van der Waals surface area contributed by atoms with Gasteiger partial charge >= 0.3 is 0 Å². The average Bonchev–Trinajstić information content (AvgIpc) is 3.25. The standard InChI is InChI=1S/C25H28ClN3O3/c1-2-28-7-9-29(10-8-28)25(30)15-19(17-3-6-23-24(13-17)32-12-11-31-23)21-16-27-22-5-4-18(26)14-20(21)22/h3-6,13-14,16,19,27H,2,7-12,15H2,1H3/t19-/m1/s1. The van der Waals surface area contributed by atoms with E-state index in [2.05, 4.69) is 16.8 Å². The lowest BCUT2D eigenvalue weighted by Crippen LogP contribution is -2.48. The number of piperazine rings is 1. The van der Waals surface area contributed by atoms with Crippen molar-refractivity contribution < 1.29 is 14.3 Å². The minimum absolute atomic E-state index is 0.116. The largest absolute Gasteiger partial charge is 0.486 e. The highest BCUT2D eigenvalue weighted by Crippen LogP contribution is 2.39. The molecule has 1 N–H and O–H groups in total. The summed E-state index contributed by atoms with van der Waals surface area (Å²) in [5.41, 5.74) is 3.12. The van der Waals surface area contributed by atoms with Gasteiger partial charge in [0.15, 0.2) is 11.5 Å². The van der Waals surface area contributed by atoms with Crippen LogP contribution in [0, 0.1) is 0 Å². The summed E-state index contributed by atoms with van der Waals surface area (Å²) in [4.78, 5) is 21.1. The molecule has 7 heteroatoms. The normalized spacial score (nSPS) is 17.5. The summed E-state index contributed by atoms with van der Waals surface area (Å²) in [5.74, 6) is 1.55. The first-order chi connectivity index (χ1) is 15.6. The molecule has 3 aromatic rings. The Labute approximate surface area is 193 Å². The van der Waals surface area contributed by atoms with E-state index in [1.807, 2.05) is 47.5 Å². The molecule has 1 amide bonds. The Morgan fingerprint density at radius 1 is 1.06 bits per heavy atom. The van der Waals surface area contributed by atoms with Crippen LogP contribution < -0.4 is 9.47 Å². The molecule has 0 unspecified atom stereocenters. The molecule has 1 saturated heterocycles. The van der Waals surface area contributed by atoms with Crippen molar-refractivity contribution in [3.63, 3.8) is 0 Å². The number of likely N-dealkylation sites (N-methyl/N-ethyl adjacent to an activating group) is 1. The number of aromatic nitrogens is 1. The summed E-state index contributed by atoms with van der Waals surface area (Å²) in [6.45, 7) is 7.69. The van der Waals surface area contributed by atoms with Crippen molar-refractivity contribution in [1.82, 2.24) is 14.8 Å². The van der Waals surface area contributed by atoms with Gasteiger partial charge in [-0.15, -0.1) is 0 Å². The second-order valence-corrected chi connectivity index (χ2v) is 8.85. The molecule has 0 aliphatic carbocycles. The molecular formula is C25H28ClN3O3. The number of hydrogen-bond donors (Lipinski definition) is 1. The molecule has 1 aromatic heterocycles. The van der Waals surface area contributed by atoms with Crippen molar-refractivity contribution in [2.75, 3.05) is 45.9 Å². The fourth-order valence-corrected chi connectivity index (χ4v) is 4.88. The number of aromatic amines is 1. The predicted molar refractivity (Wildman–Crippen MR) is 126 cm³/mol. The third-order valence-corrected chi connectivity index (χ3v) is 6.81. The zero-order valence-corrected chi connectivity index (χ0v) is 19.0. The number of hydrogen-bond acceptors (Lipinski definition) is 4. The average molecular weight is 454 g/mol. The third kappa shape index (κ3) is 4.17. The second-order valence-electron chi connectivity index (χ2n) is 8.41. The van der Waals surface area contributed by atoms with Crippen molar-refractivity contribution >= 4 is 28.4 Å². The van der Waals surface area contributed by atoms with Crippen LogP contribution in [0.5, 0.6) is 11.5 Å². The summed E-state index contributed by atoms with van der Waals surface area (Å²) in [7, 11) is 0. The summed E-state index contributed by atoms with van der Waals surface area (Å²) in [6.07, 6.45) is 2.40. The van der Waals surface area contributed by atoms with Gasteiger partial charge in [-0.3, -0.25) is 4.79 Å². The second kappa shape index (κ2) is 9.04. The maximum atomic E-state index is 13.4. The number of H-pyrrole nitrogens is 1. The van der Waals surface area contributed by atoms with E-state index in [4.69, 9.17) is 21.1 Å². The van der Waals surface area contributed by atoms with Crippen LogP contribution >= 0.6 is 11.6 Å². The number of carbonyl (C=O) groups excluding carboxylic acids is 1. The first kappa shape index (κ1) is 21.2. The molecule has 3 heterocycles. The zero-order chi connectivity index (χ0) is 22.1. The van der Waals surface area contributed by atoms with Gasteiger partial charge in [0.2, 0.25) is 5.91 Å². The van der Waals surface area contributed by atoms with Gasteiger partial charge in [0.05, 0.1) is 0 Å². The van der Waals surface area contributed by atoms with Crippen LogP contribution in [0.4, 0.5) is 0 Å². The highest BCUT2D eigenvalue weighted by atomic mass is 35.5. The van der Waals surface area contributed by atoms with Crippen LogP contribution in [0.1, 0.15) is 30.4 Å². The topological polar surface area (TPSA) is 57.8 Å². The molecule has 6 nitrogen and oxygen atoms in total. The van der Waals surface area contributed by atoms with Gasteiger partial charge in [-0.05, 0) is 48.0 Å². The van der Waals surface area contributed by atoms with Crippen molar-refractivity contribution in [2.24, 2.45) is 0 Å². The molecule has 32 heavy (non-hydrogen) atoms. The van der Waals surface area contributed by atoms with Crippen LogP contribution in [0.25, 0.3) is 10.9 Å². The highest BCUT2D eigenvalue weighted by molar-refractivity contribution is 6.31. The molecule has 0 spiro atoms. The first-order valence-electron chi connectivity index (χ1n) is 11.3. The Morgan fingerprint density at radius 2 is 1.84 bits per heavy atom. The lowest BCUT2D eigenvalue weighted by Gasteiger charge is -2.35. The molecule has 5 rings (SSSR count). The molecule has 1 fully saturated rings. The molecule has 2 aromatic carbocycles. The first-order valence-corrected chi connectivity index (χ1v) is 11.7. The quantitative estimate of drug-likeness (QED) is 0.626. The molecule has 0 bridgehead atoms. The molecule has 0 radical (unpaired) electrons. The number of carbonyl (C=O) groups is 1. The number of nitrogens with one attached hydrogen (secondary N) is 1. The Balaban J connectivity index is 1.49. The van der Waals surface area contributed by atoms with Crippen LogP contribution in [-0.4, -0.2) is 66.6 Å². The minimum Gasteiger partial charge on any atom is -0.486 e. The lowest BCUT2D eigenvalue weighted by molar-refractivity contribution is -0.133. The number of halogens is 1. The molecule has 1 atom stereocenters. The van der Waals surface area contributed by atoms with Gasteiger partial charge in [0.1, 0.15) is 13.2 Å². The molecule has 2 aliphatic heterocycles. The van der Waals surface area contributed by atoms with E-state index < -0.39 is 0 Å². The van der Waals surface area contributed by atoms with E-state index in [0.717, 1.165) is 66.3 Å². The van der Waals surface area contributed by atoms with Crippen molar-refractivity contribution in [3.05, 3.63) is 58.7 Å². The molecule has 0 saturated carbocycles. The smallest absolute Gasteiger partial charge is 0.223 e. The minimum atomic E-state index is -0.116. The Hall–Kier alpha value is -2.70. The maximum Gasteiger partial charge on any atom is 0.223 e. The van der Waals surface area contributed by atoms with Gasteiger partial charge in [0.25, 0.3) is 0 Å². The fraction of sp³-hybridized carbons (Fsp3) is 0.400. The molecule has 168 valence electrons. The van der Waals surface area contributed by atoms with E-state index >= 15 is 0 Å². The Bertz CT molecular complexity index is 1120. The van der Waals surface area contributed by atoms with Gasteiger partial charge < -0.3 is 24.3 Å². The van der Waals surface area contributed by atoms with Crippen LogP contribution in [-0.2, 0) is 4.79 Å². The van der Waals surface area contributed by atoms with Crippen molar-refractivity contribution in [3.8, 4) is 11.5 Å². The van der Waals surface area contributed by atoms with E-state index in [1.165, 1.54) is 0 Å². The van der Waals surface area contributed by atoms with Crippen LogP contribution in [0.3, 0.4) is 0 Å². The summed E-state index contributed by atoms with van der Waals surface area (Å²) in [5, 5.41) is 1.72. The summed E-state index contributed by atoms with van der Waals surface area (Å²) in [6, 6.07) is 11.8. The summed E-state index contributed by atoms with van der Waals surface area (Å²) < 4.78 is 11.5. The van der Waals surface area contributed by atoms with Gasteiger partial charge in [-0.1, -0.05) is 24.6 Å². The Morgan fingerprint density at radius 3 is 2.62 bits per heavy atom. The summed E-state index contributed by atoms with van der Waals surface area (Å²) >= 11 is 6.32. The highest BCUT2D eigenvalue weighted by Gasteiger charge is 2.27. The lowest BCUT2D eigenvalue weighted by atomic mass is 9.87. The molecular weight excluding hydrogens is 426 g/mol. The number of benzene rings is 2. The van der Waals surface area contributed by atoms with Gasteiger partial charge in [0, 0.05) is 60.6 Å². The van der Waals surface area contributed by atoms with Gasteiger partial charge in [-0.25, -0.2) is 0 Å². The number of nitrogens with zero attached hydrogens (tertiary/aromatic N) is 2. The van der Waals surface area contributed by atoms with Crippen molar-refractivity contribution in [1.29, 1.82) is 0 Å². The fourth-order valence-electron chi connectivity index (χ4n) is 4.70. The number of fused-ring (bicyclic) bond motifs is 2. The third-order valence-electron chi connectivity index (χ3n) is 6.57. The molecule has 2 aliphatic rings. The van der Waals surface area contributed by atoms with Crippen LogP contribution in [0.2, 0.25) is 5.02 Å². The van der Waals surface area contributed by atoms with E-state index in [1.54, 1.807) is 0 Å². The van der Waals surface area contributed by atoms with Crippen molar-refractivity contribution in [2.45, 2.75) is 19.3 Å². The monoisotopic (exact) mass is 453 g/mol. The van der Waals surface area contributed by atoms with E-state index in [0.29, 0.717) is 24.7 Å². The van der Waals surface area contributed by atoms with Gasteiger partial charge in [-0.2, -0.15) is 0 Å². The number of rotatable bonds is 5. The zero-order valence-electron chi connectivity index (χ0n) is 18.3. The van der Waals surface area contributed by atoms with Crippen LogP contribution in [0.15, 0.2) is 42.6 Å². The predicted octanol–water partition coefficient (Wildman–Crippen LogP) is 4.28. The Kier molecular flexibility index (Phi) is 5.98. The number of ether oxygens (including phenoxy) is 2. The van der Waals surface area contributed by atoms with E-state index in [-0.39, 0.29) is 11.8 Å². The SMILES string of the molecule is CCN1CCN(C(=O)C[C@H](c2ccc3c(c2)OCCO3)c2c[nH]c3ccc(Cl)cc23)CC1.